The van der Waals surface area contributed by atoms with E-state index in [1.54, 1.807) is 6.08 Å². The molecule has 0 bridgehead atoms. The first-order valence-corrected chi connectivity index (χ1v) is 31.1. The Labute approximate surface area is 458 Å². The number of amides is 1. The second kappa shape index (κ2) is 53.4. The maximum absolute atomic E-state index is 13.1. The molecular weight excluding hydrogens is 943 g/mol. The summed E-state index contributed by atoms with van der Waals surface area (Å²) in [6.07, 6.45) is 58.7. The van der Waals surface area contributed by atoms with E-state index in [4.69, 9.17) is 14.2 Å². The molecule has 1 rings (SSSR count). The van der Waals surface area contributed by atoms with Gasteiger partial charge in [-0.3, -0.25) is 9.59 Å². The first-order valence-electron chi connectivity index (χ1n) is 31.1. The molecule has 0 aliphatic carbocycles. The monoisotopic (exact) mass is 1060 g/mol. The van der Waals surface area contributed by atoms with E-state index in [1.165, 1.54) is 141 Å². The van der Waals surface area contributed by atoms with Crippen molar-refractivity contribution in [3.05, 3.63) is 60.8 Å². The predicted octanol–water partition coefficient (Wildman–Crippen LogP) is 14.6. The van der Waals surface area contributed by atoms with E-state index >= 15 is 0 Å². The normalized spacial score (nSPS) is 19.2. The third-order valence-electron chi connectivity index (χ3n) is 14.4. The summed E-state index contributed by atoms with van der Waals surface area (Å²) in [5.74, 6) is -0.236. The zero-order valence-corrected chi connectivity index (χ0v) is 48.0. The average molecular weight is 1060 g/mol. The van der Waals surface area contributed by atoms with E-state index in [-0.39, 0.29) is 18.5 Å². The molecule has 0 aromatic heterocycles. The van der Waals surface area contributed by atoms with Gasteiger partial charge in [0, 0.05) is 12.8 Å². The number of ether oxygens (including phenoxy) is 3. The van der Waals surface area contributed by atoms with Gasteiger partial charge in [0.05, 0.1) is 32.0 Å². The van der Waals surface area contributed by atoms with Crippen LogP contribution in [-0.2, 0) is 23.8 Å². The number of allylic oxidation sites excluding steroid dienone is 9. The van der Waals surface area contributed by atoms with Crippen LogP contribution in [0, 0.1) is 0 Å². The van der Waals surface area contributed by atoms with Gasteiger partial charge in [-0.1, -0.05) is 229 Å². The molecule has 6 N–H and O–H groups in total. The summed E-state index contributed by atoms with van der Waals surface area (Å²) in [7, 11) is 0. The molecule has 11 nitrogen and oxygen atoms in total. The van der Waals surface area contributed by atoms with E-state index in [2.05, 4.69) is 67.8 Å². The molecule has 75 heavy (non-hydrogen) atoms. The molecular formula is C64H115NO10. The molecule has 1 saturated heterocycles. The van der Waals surface area contributed by atoms with E-state index < -0.39 is 49.5 Å². The minimum Gasteiger partial charge on any atom is -0.466 e. The van der Waals surface area contributed by atoms with Gasteiger partial charge in [0.25, 0.3) is 0 Å². The van der Waals surface area contributed by atoms with Crippen molar-refractivity contribution in [1.29, 1.82) is 0 Å². The van der Waals surface area contributed by atoms with Crippen LogP contribution < -0.4 is 5.32 Å². The fourth-order valence-corrected chi connectivity index (χ4v) is 9.40. The Morgan fingerprint density at radius 2 is 0.960 bits per heavy atom. The minimum atomic E-state index is -1.58. The molecule has 0 spiro atoms. The first-order chi connectivity index (χ1) is 36.7. The minimum absolute atomic E-state index is 0.0441. The zero-order valence-electron chi connectivity index (χ0n) is 48.0. The van der Waals surface area contributed by atoms with Crippen LogP contribution in [0.4, 0.5) is 0 Å². The van der Waals surface area contributed by atoms with Crippen LogP contribution in [0.3, 0.4) is 0 Å². The van der Waals surface area contributed by atoms with E-state index in [9.17, 15) is 35.1 Å². The van der Waals surface area contributed by atoms with E-state index in [1.807, 2.05) is 6.08 Å². The number of hydrogen-bond donors (Lipinski definition) is 6. The van der Waals surface area contributed by atoms with Crippen molar-refractivity contribution in [2.45, 2.75) is 314 Å². The van der Waals surface area contributed by atoms with Crippen LogP contribution in [0.2, 0.25) is 0 Å². The summed E-state index contributed by atoms with van der Waals surface area (Å²) in [5.41, 5.74) is 0. The summed E-state index contributed by atoms with van der Waals surface area (Å²) >= 11 is 0. The van der Waals surface area contributed by atoms with Crippen LogP contribution >= 0.6 is 0 Å². The fraction of sp³-hybridized carbons (Fsp3) is 0.812. The smallest absolute Gasteiger partial charge is 0.305 e. The van der Waals surface area contributed by atoms with Crippen LogP contribution in [-0.4, -0.2) is 100 Å². The molecule has 0 aromatic rings. The predicted molar refractivity (Wildman–Crippen MR) is 310 cm³/mol. The fourth-order valence-electron chi connectivity index (χ4n) is 9.40. The molecule has 7 atom stereocenters. The molecule has 1 fully saturated rings. The van der Waals surface area contributed by atoms with Gasteiger partial charge in [0.1, 0.15) is 24.4 Å². The van der Waals surface area contributed by atoms with Gasteiger partial charge in [-0.25, -0.2) is 0 Å². The quantitative estimate of drug-likeness (QED) is 0.0149. The Bertz CT molecular complexity index is 1430. The summed E-state index contributed by atoms with van der Waals surface area (Å²) in [5, 5.41) is 54.5. The molecule has 0 radical (unpaired) electrons. The van der Waals surface area contributed by atoms with E-state index in [0.717, 1.165) is 103 Å². The SMILES string of the molecule is CCC/C=C\C/C=C\CCCCCCCC(=O)OCCCCC/C=C\C=C/CCCCCCCCCCCCC(=O)NC(COC1OC(CO)C(O)C(O)C1O)C(O)/C=C/CCCCCCCCCCCCCCC. The van der Waals surface area contributed by atoms with Gasteiger partial charge < -0.3 is 45.1 Å². The number of unbranched alkanes of at least 4 members (excludes halogenated alkanes) is 32. The van der Waals surface area contributed by atoms with Crippen molar-refractivity contribution >= 4 is 11.9 Å². The number of carbonyl (C=O) groups excluding carboxylic acids is 2. The lowest BCUT2D eigenvalue weighted by atomic mass is 9.99. The highest BCUT2D eigenvalue weighted by Gasteiger charge is 2.44. The maximum atomic E-state index is 13.1. The largest absolute Gasteiger partial charge is 0.466 e. The highest BCUT2D eigenvalue weighted by Crippen LogP contribution is 2.23. The van der Waals surface area contributed by atoms with Crippen LogP contribution in [0.5, 0.6) is 0 Å². The van der Waals surface area contributed by atoms with E-state index in [0.29, 0.717) is 19.4 Å². The number of nitrogens with one attached hydrogen (secondary N) is 1. The molecule has 7 unspecified atom stereocenters. The molecule has 0 saturated carbocycles. The number of aliphatic hydroxyl groups excluding tert-OH is 5. The van der Waals surface area contributed by atoms with Crippen molar-refractivity contribution in [2.75, 3.05) is 19.8 Å². The third kappa shape index (κ3) is 43.0. The molecule has 0 aromatic carbocycles. The van der Waals surface area contributed by atoms with Crippen LogP contribution in [0.25, 0.3) is 0 Å². The highest BCUT2D eigenvalue weighted by atomic mass is 16.7. The Morgan fingerprint density at radius 1 is 0.507 bits per heavy atom. The van der Waals surface area contributed by atoms with Crippen molar-refractivity contribution in [3.63, 3.8) is 0 Å². The average Bonchev–Trinajstić information content (AvgIpc) is 3.41. The number of esters is 1. The van der Waals surface area contributed by atoms with Gasteiger partial charge in [-0.15, -0.1) is 0 Å². The van der Waals surface area contributed by atoms with Crippen LogP contribution in [0.1, 0.15) is 271 Å². The number of carbonyl (C=O) groups is 2. The Kier molecular flexibility index (Phi) is 50.1. The third-order valence-corrected chi connectivity index (χ3v) is 14.4. The molecule has 1 aliphatic rings. The summed E-state index contributed by atoms with van der Waals surface area (Å²) in [6.45, 7) is 4.23. The standard InChI is InChI=1S/C64H115NO10/c1-3-5-7-9-11-13-15-17-23-27-30-34-38-42-46-50-57(67)56(55-74-64-63(72)62(71)61(70)58(54-66)75-64)65-59(68)51-47-43-39-35-31-28-24-21-19-18-20-22-25-29-33-37-41-45-49-53-73-60(69)52-48-44-40-36-32-26-16-14-12-10-8-6-4-2/h8,10,14,16,22,25,29,33,46,50,56-58,61-64,66-67,70-72H,3-7,9,11-13,15,17-21,23-24,26-28,30-32,34-45,47-49,51-55H2,1-2H3,(H,65,68)/b10-8-,16-14-,25-22-,33-29-,50-46+. The molecule has 436 valence electrons. The van der Waals surface area contributed by atoms with Gasteiger partial charge >= 0.3 is 5.97 Å². The van der Waals surface area contributed by atoms with Gasteiger partial charge in [-0.2, -0.15) is 0 Å². The Hall–Kier alpha value is -2.64. The molecule has 11 heteroatoms. The number of rotatable bonds is 53. The van der Waals surface area contributed by atoms with Crippen molar-refractivity contribution in [3.8, 4) is 0 Å². The topological polar surface area (TPSA) is 175 Å². The zero-order chi connectivity index (χ0) is 54.5. The Morgan fingerprint density at radius 3 is 1.48 bits per heavy atom. The van der Waals surface area contributed by atoms with Crippen molar-refractivity contribution in [2.24, 2.45) is 0 Å². The first kappa shape index (κ1) is 70.4. The lowest BCUT2D eigenvalue weighted by molar-refractivity contribution is -0.302. The molecule has 1 aliphatic heterocycles. The second-order valence-electron chi connectivity index (χ2n) is 21.4. The molecule has 1 amide bonds. The summed E-state index contributed by atoms with van der Waals surface area (Å²) in [6, 6.07) is -0.820. The summed E-state index contributed by atoms with van der Waals surface area (Å²) < 4.78 is 16.7. The second-order valence-corrected chi connectivity index (χ2v) is 21.4. The van der Waals surface area contributed by atoms with Crippen molar-refractivity contribution < 1.29 is 49.3 Å². The van der Waals surface area contributed by atoms with Crippen LogP contribution in [0.15, 0.2) is 60.8 Å². The van der Waals surface area contributed by atoms with Gasteiger partial charge in [-0.05, 0) is 89.9 Å². The lowest BCUT2D eigenvalue weighted by Gasteiger charge is -2.40. The summed E-state index contributed by atoms with van der Waals surface area (Å²) in [4.78, 5) is 25.1. The van der Waals surface area contributed by atoms with Gasteiger partial charge in [0.15, 0.2) is 6.29 Å². The van der Waals surface area contributed by atoms with Gasteiger partial charge in [0.2, 0.25) is 5.91 Å². The number of aliphatic hydroxyl groups is 5. The number of hydrogen-bond acceptors (Lipinski definition) is 10. The highest BCUT2D eigenvalue weighted by molar-refractivity contribution is 5.76. The Balaban J connectivity index is 2.13. The lowest BCUT2D eigenvalue weighted by Crippen LogP contribution is -2.60. The molecule has 1 heterocycles. The maximum Gasteiger partial charge on any atom is 0.305 e. The van der Waals surface area contributed by atoms with Crippen molar-refractivity contribution in [1.82, 2.24) is 5.32 Å².